The second-order valence-electron chi connectivity index (χ2n) is 6.41. The molecule has 0 atom stereocenters. The molecule has 0 unspecified atom stereocenters. The first kappa shape index (κ1) is 20.7. The van der Waals surface area contributed by atoms with E-state index in [-0.39, 0.29) is 31.1 Å². The zero-order valence-electron chi connectivity index (χ0n) is 15.9. The number of benzene rings is 1. The van der Waals surface area contributed by atoms with E-state index in [9.17, 15) is 22.8 Å². The van der Waals surface area contributed by atoms with E-state index in [2.05, 4.69) is 9.71 Å². The Kier molecular flexibility index (Phi) is 5.80. The third-order valence-corrected chi connectivity index (χ3v) is 5.77. The summed E-state index contributed by atoms with van der Waals surface area (Å²) in [5.74, 6) is -0.973. The number of carbonyl (C=O) groups is 3. The lowest BCUT2D eigenvalue weighted by Crippen LogP contribution is -2.34. The maximum Gasteiger partial charge on any atom is 0.307 e. The monoisotopic (exact) mass is 420 g/mol. The molecule has 10 nitrogen and oxygen atoms in total. The van der Waals surface area contributed by atoms with Crippen LogP contribution in [0.5, 0.6) is 0 Å². The molecule has 2 amide bonds. The molecular formula is C18H20N4O6S. The minimum atomic E-state index is -3.82. The lowest BCUT2D eigenvalue weighted by molar-refractivity contribution is -0.143. The molecule has 0 spiro atoms. The number of imidazole rings is 1. The van der Waals surface area contributed by atoms with Crippen molar-refractivity contribution in [3.8, 4) is 0 Å². The summed E-state index contributed by atoms with van der Waals surface area (Å²) in [6, 6.07) is 6.47. The summed E-state index contributed by atoms with van der Waals surface area (Å²) in [7, 11) is -2.15. The van der Waals surface area contributed by atoms with Gasteiger partial charge in [0.05, 0.1) is 24.1 Å². The van der Waals surface area contributed by atoms with Crippen molar-refractivity contribution in [1.29, 1.82) is 0 Å². The molecule has 0 saturated heterocycles. The molecule has 0 radical (unpaired) electrons. The van der Waals surface area contributed by atoms with Crippen LogP contribution in [0.3, 0.4) is 0 Å². The maximum absolute atomic E-state index is 12.2. The summed E-state index contributed by atoms with van der Waals surface area (Å²) in [5, 5.41) is -0.128. The Balaban J connectivity index is 1.43. The van der Waals surface area contributed by atoms with E-state index < -0.39 is 27.8 Å². The maximum atomic E-state index is 12.2. The minimum Gasteiger partial charge on any atom is -0.464 e. The van der Waals surface area contributed by atoms with E-state index in [0.717, 1.165) is 4.90 Å². The number of sulfonamides is 1. The van der Waals surface area contributed by atoms with Crippen LogP contribution < -0.4 is 4.72 Å². The number of fused-ring (bicyclic) bond motifs is 1. The first-order valence-corrected chi connectivity index (χ1v) is 10.3. The Morgan fingerprint density at radius 2 is 1.79 bits per heavy atom. The number of nitrogens with one attached hydrogen (secondary N) is 1. The Morgan fingerprint density at radius 1 is 1.17 bits per heavy atom. The highest BCUT2D eigenvalue weighted by molar-refractivity contribution is 7.89. The minimum absolute atomic E-state index is 0.0724. The molecule has 11 heteroatoms. The second kappa shape index (κ2) is 8.13. The summed E-state index contributed by atoms with van der Waals surface area (Å²) in [6.45, 7) is 1.27. The highest BCUT2D eigenvalue weighted by atomic mass is 32.2. The molecule has 154 valence electrons. The number of hydrogen-bond donors (Lipinski definition) is 1. The van der Waals surface area contributed by atoms with Gasteiger partial charge in [0.25, 0.3) is 21.8 Å². The topological polar surface area (TPSA) is 128 Å². The van der Waals surface area contributed by atoms with Crippen molar-refractivity contribution >= 4 is 27.8 Å². The van der Waals surface area contributed by atoms with Crippen LogP contribution in [0, 0.1) is 6.92 Å². The van der Waals surface area contributed by atoms with E-state index in [1.165, 1.54) is 6.20 Å². The number of nitrogens with zero attached hydrogens (tertiary/aromatic N) is 3. The normalized spacial score (nSPS) is 13.7. The first-order valence-electron chi connectivity index (χ1n) is 8.81. The molecule has 2 heterocycles. The Hall–Kier alpha value is -3.05. The van der Waals surface area contributed by atoms with Crippen LogP contribution in [0.1, 0.15) is 33.0 Å². The summed E-state index contributed by atoms with van der Waals surface area (Å²) < 4.78 is 33.1. The van der Waals surface area contributed by atoms with E-state index in [1.54, 1.807) is 42.8 Å². The van der Waals surface area contributed by atoms with Crippen LogP contribution in [-0.4, -0.2) is 60.3 Å². The van der Waals surface area contributed by atoms with Crippen LogP contribution in [0.4, 0.5) is 0 Å². The van der Waals surface area contributed by atoms with E-state index >= 15 is 0 Å². The fourth-order valence-corrected chi connectivity index (χ4v) is 3.85. The van der Waals surface area contributed by atoms with Gasteiger partial charge >= 0.3 is 5.97 Å². The molecule has 2 aromatic rings. The highest BCUT2D eigenvalue weighted by Gasteiger charge is 2.34. The predicted molar refractivity (Wildman–Crippen MR) is 101 cm³/mol. The average molecular weight is 420 g/mol. The third-order valence-electron chi connectivity index (χ3n) is 4.44. The number of imide groups is 1. The fraction of sp³-hybridized carbons (Fsp3) is 0.333. The molecule has 0 fully saturated rings. The number of esters is 1. The van der Waals surface area contributed by atoms with Crippen molar-refractivity contribution in [1.82, 2.24) is 19.2 Å². The van der Waals surface area contributed by atoms with Crippen molar-refractivity contribution in [3.05, 3.63) is 47.4 Å². The number of carbonyl (C=O) groups excluding carboxylic acids is 3. The molecule has 3 rings (SSSR count). The van der Waals surface area contributed by atoms with Crippen LogP contribution in [0.25, 0.3) is 0 Å². The number of rotatable bonds is 8. The number of aryl methyl sites for hydroxylation is 2. The molecule has 0 bridgehead atoms. The smallest absolute Gasteiger partial charge is 0.307 e. The van der Waals surface area contributed by atoms with Crippen molar-refractivity contribution in [2.24, 2.45) is 7.05 Å². The van der Waals surface area contributed by atoms with E-state index in [4.69, 9.17) is 4.74 Å². The van der Waals surface area contributed by atoms with Crippen LogP contribution in [0.15, 0.2) is 35.5 Å². The third kappa shape index (κ3) is 4.35. The van der Waals surface area contributed by atoms with E-state index in [1.807, 2.05) is 0 Å². The van der Waals surface area contributed by atoms with Gasteiger partial charge in [-0.15, -0.1) is 0 Å². The predicted octanol–water partition coefficient (Wildman–Crippen LogP) is 0.236. The zero-order valence-corrected chi connectivity index (χ0v) is 16.7. The van der Waals surface area contributed by atoms with Crippen molar-refractivity contribution in [3.63, 3.8) is 0 Å². The molecule has 1 aliphatic heterocycles. The highest BCUT2D eigenvalue weighted by Crippen LogP contribution is 2.21. The van der Waals surface area contributed by atoms with Crippen LogP contribution >= 0.6 is 0 Å². The summed E-state index contributed by atoms with van der Waals surface area (Å²) in [4.78, 5) is 41.2. The van der Waals surface area contributed by atoms with Crippen molar-refractivity contribution in [2.45, 2.75) is 18.4 Å². The fourth-order valence-electron chi connectivity index (χ4n) is 2.78. The van der Waals surface area contributed by atoms with Gasteiger partial charge in [-0.2, -0.15) is 0 Å². The van der Waals surface area contributed by atoms with Crippen LogP contribution in [0.2, 0.25) is 0 Å². The van der Waals surface area contributed by atoms with E-state index in [0.29, 0.717) is 17.0 Å². The Morgan fingerprint density at radius 3 is 2.34 bits per heavy atom. The number of aromatic nitrogens is 2. The summed E-state index contributed by atoms with van der Waals surface area (Å²) in [5.41, 5.74) is 0.644. The van der Waals surface area contributed by atoms with Gasteiger partial charge in [-0.05, 0) is 19.1 Å². The molecular weight excluding hydrogens is 400 g/mol. The Bertz CT molecular complexity index is 1020. The van der Waals surface area contributed by atoms with Gasteiger partial charge in [-0.25, -0.2) is 18.1 Å². The molecule has 1 aliphatic rings. The lowest BCUT2D eigenvalue weighted by Gasteiger charge is -2.13. The molecule has 0 saturated carbocycles. The number of hydrogen-bond acceptors (Lipinski definition) is 7. The van der Waals surface area contributed by atoms with Crippen molar-refractivity contribution < 1.29 is 27.5 Å². The van der Waals surface area contributed by atoms with Gasteiger partial charge in [-0.3, -0.25) is 19.3 Å². The number of ether oxygens (including phenoxy) is 1. The molecule has 0 aliphatic carbocycles. The van der Waals surface area contributed by atoms with Gasteiger partial charge in [0, 0.05) is 19.8 Å². The van der Waals surface area contributed by atoms with Gasteiger partial charge in [-0.1, -0.05) is 12.1 Å². The van der Waals surface area contributed by atoms with Gasteiger partial charge < -0.3 is 9.30 Å². The standard InChI is InChI=1S/C18H20N4O6S/c1-12-20-15(11-21(12)2)29(26,27)19-8-7-16(23)28-10-9-22-17(24)13-5-3-4-6-14(13)18(22)25/h3-6,11,19H,7-10H2,1-2H3. The molecule has 29 heavy (non-hydrogen) atoms. The second-order valence-corrected chi connectivity index (χ2v) is 8.13. The average Bonchev–Trinajstić information content (AvgIpc) is 3.14. The zero-order chi connectivity index (χ0) is 21.2. The number of amides is 2. The summed E-state index contributed by atoms with van der Waals surface area (Å²) >= 11 is 0. The van der Waals surface area contributed by atoms with Crippen LogP contribution in [-0.2, 0) is 26.6 Å². The lowest BCUT2D eigenvalue weighted by atomic mass is 10.1. The first-order chi connectivity index (χ1) is 13.7. The largest absolute Gasteiger partial charge is 0.464 e. The van der Waals surface area contributed by atoms with Gasteiger partial charge in [0.1, 0.15) is 12.4 Å². The van der Waals surface area contributed by atoms with Gasteiger partial charge in [0.15, 0.2) is 5.03 Å². The quantitative estimate of drug-likeness (QED) is 0.478. The summed E-state index contributed by atoms with van der Waals surface area (Å²) in [6.07, 6.45) is 1.17. The SMILES string of the molecule is Cc1nc(S(=O)(=O)NCCC(=O)OCCN2C(=O)c3ccccc3C2=O)cn1C. The molecule has 1 aromatic heterocycles. The van der Waals surface area contributed by atoms with Crippen molar-refractivity contribution in [2.75, 3.05) is 19.7 Å². The Labute approximate surface area is 167 Å². The molecule has 1 aromatic carbocycles. The van der Waals surface area contributed by atoms with Gasteiger partial charge in [0.2, 0.25) is 0 Å². The molecule has 1 N–H and O–H groups in total.